The summed E-state index contributed by atoms with van der Waals surface area (Å²) in [5, 5.41) is 1.04. The van der Waals surface area contributed by atoms with Gasteiger partial charge in [-0.3, -0.25) is 9.97 Å². The second-order valence-electron chi connectivity index (χ2n) is 8.35. The van der Waals surface area contributed by atoms with E-state index in [-0.39, 0.29) is 5.41 Å². The standard InChI is InChI=1S/C26H20N2O/c1-15-11-12-17-23-25(29-24(17)21(15)20-10-6-7-13-27-20)22-16-8-4-5-9-18(16)26(2,3)19(22)14-28-23/h4-14H,1-3H3. The summed E-state index contributed by atoms with van der Waals surface area (Å²) >= 11 is 0. The van der Waals surface area contributed by atoms with E-state index in [4.69, 9.17) is 9.40 Å². The highest BCUT2D eigenvalue weighted by Crippen LogP contribution is 2.52. The van der Waals surface area contributed by atoms with Crippen LogP contribution >= 0.6 is 0 Å². The number of aryl methyl sites for hydroxylation is 1. The lowest BCUT2D eigenvalue weighted by Gasteiger charge is -2.20. The van der Waals surface area contributed by atoms with Crippen LogP contribution in [0.3, 0.4) is 0 Å². The predicted octanol–water partition coefficient (Wildman–Crippen LogP) is 6.66. The van der Waals surface area contributed by atoms with Crippen molar-refractivity contribution in [2.24, 2.45) is 0 Å². The lowest BCUT2D eigenvalue weighted by Crippen LogP contribution is -2.15. The summed E-state index contributed by atoms with van der Waals surface area (Å²) in [6.45, 7) is 6.63. The first-order chi connectivity index (χ1) is 14.1. The number of benzene rings is 2. The van der Waals surface area contributed by atoms with Crippen molar-refractivity contribution in [2.75, 3.05) is 0 Å². The van der Waals surface area contributed by atoms with Crippen LogP contribution in [-0.4, -0.2) is 9.97 Å². The number of pyridine rings is 2. The highest BCUT2D eigenvalue weighted by Gasteiger charge is 2.38. The van der Waals surface area contributed by atoms with Crippen LogP contribution in [0.25, 0.3) is 44.5 Å². The van der Waals surface area contributed by atoms with Gasteiger partial charge in [0.15, 0.2) is 5.58 Å². The second kappa shape index (κ2) is 5.54. The van der Waals surface area contributed by atoms with Crippen molar-refractivity contribution in [1.82, 2.24) is 9.97 Å². The topological polar surface area (TPSA) is 38.9 Å². The molecule has 0 N–H and O–H groups in total. The fraction of sp³-hybridized carbons (Fsp3) is 0.154. The summed E-state index contributed by atoms with van der Waals surface area (Å²) in [5.41, 5.74) is 10.6. The van der Waals surface area contributed by atoms with Crippen LogP contribution in [0.1, 0.15) is 30.5 Å². The summed E-state index contributed by atoms with van der Waals surface area (Å²) in [7, 11) is 0. The number of hydrogen-bond donors (Lipinski definition) is 0. The fourth-order valence-electron chi connectivity index (χ4n) is 4.82. The quantitative estimate of drug-likeness (QED) is 0.328. The number of aromatic nitrogens is 2. The van der Waals surface area contributed by atoms with Crippen molar-refractivity contribution < 1.29 is 4.42 Å². The highest BCUT2D eigenvalue weighted by atomic mass is 16.3. The van der Waals surface area contributed by atoms with Gasteiger partial charge < -0.3 is 4.42 Å². The molecule has 0 bridgehead atoms. The maximum absolute atomic E-state index is 6.61. The Labute approximate surface area is 169 Å². The van der Waals surface area contributed by atoms with Crippen molar-refractivity contribution in [3.63, 3.8) is 0 Å². The molecule has 0 fully saturated rings. The van der Waals surface area contributed by atoms with E-state index in [1.807, 2.05) is 30.6 Å². The molecular weight excluding hydrogens is 356 g/mol. The molecule has 2 aromatic carbocycles. The van der Waals surface area contributed by atoms with Crippen LogP contribution in [0.4, 0.5) is 0 Å². The largest absolute Gasteiger partial charge is 0.453 e. The van der Waals surface area contributed by atoms with Gasteiger partial charge in [0.2, 0.25) is 0 Å². The van der Waals surface area contributed by atoms with Gasteiger partial charge in [-0.25, -0.2) is 0 Å². The first-order valence-corrected chi connectivity index (χ1v) is 9.94. The molecule has 5 aromatic rings. The van der Waals surface area contributed by atoms with E-state index in [2.05, 4.69) is 62.2 Å². The van der Waals surface area contributed by atoms with Crippen LogP contribution in [0.2, 0.25) is 0 Å². The normalized spacial score (nSPS) is 14.3. The van der Waals surface area contributed by atoms with Gasteiger partial charge in [0.05, 0.1) is 5.69 Å². The Morgan fingerprint density at radius 1 is 0.793 bits per heavy atom. The Morgan fingerprint density at radius 2 is 1.62 bits per heavy atom. The summed E-state index contributed by atoms with van der Waals surface area (Å²) in [6.07, 6.45) is 3.86. The van der Waals surface area contributed by atoms with E-state index in [1.54, 1.807) is 0 Å². The fourth-order valence-corrected chi connectivity index (χ4v) is 4.82. The zero-order valence-electron chi connectivity index (χ0n) is 16.7. The third-order valence-electron chi connectivity index (χ3n) is 6.32. The van der Waals surface area contributed by atoms with Gasteiger partial charge in [0.1, 0.15) is 11.1 Å². The van der Waals surface area contributed by atoms with Gasteiger partial charge >= 0.3 is 0 Å². The highest BCUT2D eigenvalue weighted by molar-refractivity contribution is 6.12. The van der Waals surface area contributed by atoms with Gasteiger partial charge in [-0.05, 0) is 47.4 Å². The summed E-state index contributed by atoms with van der Waals surface area (Å²) in [4.78, 5) is 9.45. The predicted molar refractivity (Wildman–Crippen MR) is 117 cm³/mol. The number of rotatable bonds is 1. The molecule has 0 unspecified atom stereocenters. The first kappa shape index (κ1) is 16.5. The molecule has 29 heavy (non-hydrogen) atoms. The zero-order chi connectivity index (χ0) is 19.8. The van der Waals surface area contributed by atoms with E-state index < -0.39 is 0 Å². The van der Waals surface area contributed by atoms with Crippen LogP contribution in [0.15, 0.2) is 71.4 Å². The maximum atomic E-state index is 6.61. The number of hydrogen-bond acceptors (Lipinski definition) is 3. The van der Waals surface area contributed by atoms with Crippen molar-refractivity contribution in [3.05, 3.63) is 83.7 Å². The average Bonchev–Trinajstić information content (AvgIpc) is 3.22. The van der Waals surface area contributed by atoms with Gasteiger partial charge in [-0.15, -0.1) is 0 Å². The molecule has 0 saturated heterocycles. The number of nitrogens with zero attached hydrogens (tertiary/aromatic N) is 2. The summed E-state index contributed by atoms with van der Waals surface area (Å²) in [5.74, 6) is 0. The summed E-state index contributed by atoms with van der Waals surface area (Å²) in [6, 6.07) is 18.9. The first-order valence-electron chi connectivity index (χ1n) is 9.94. The van der Waals surface area contributed by atoms with Gasteiger partial charge in [0.25, 0.3) is 0 Å². The average molecular weight is 376 g/mol. The minimum Gasteiger partial charge on any atom is -0.453 e. The molecule has 1 aliphatic rings. The Bertz CT molecular complexity index is 1430. The van der Waals surface area contributed by atoms with Crippen molar-refractivity contribution in [3.8, 4) is 22.4 Å². The van der Waals surface area contributed by atoms with Gasteiger partial charge in [-0.1, -0.05) is 50.2 Å². The maximum Gasteiger partial charge on any atom is 0.162 e. The third kappa shape index (κ3) is 2.07. The monoisotopic (exact) mass is 376 g/mol. The summed E-state index contributed by atoms with van der Waals surface area (Å²) < 4.78 is 6.61. The minimum atomic E-state index is -0.0914. The van der Waals surface area contributed by atoms with E-state index in [0.29, 0.717) is 0 Å². The molecular formula is C26H20N2O. The number of furan rings is 1. The van der Waals surface area contributed by atoms with Crippen molar-refractivity contribution in [1.29, 1.82) is 0 Å². The molecule has 6 rings (SSSR count). The SMILES string of the molecule is Cc1ccc2c(oc3c4c(cnc32)C(C)(C)c2ccccc2-4)c1-c1ccccn1. The number of fused-ring (bicyclic) bond motifs is 7. The minimum absolute atomic E-state index is 0.0914. The van der Waals surface area contributed by atoms with Crippen LogP contribution in [0, 0.1) is 6.92 Å². The van der Waals surface area contributed by atoms with Crippen LogP contribution < -0.4 is 0 Å². The molecule has 0 aliphatic heterocycles. The molecule has 0 amide bonds. The molecule has 0 spiro atoms. The van der Waals surface area contributed by atoms with Crippen molar-refractivity contribution >= 4 is 22.1 Å². The lowest BCUT2D eigenvalue weighted by atomic mass is 9.83. The Morgan fingerprint density at radius 3 is 2.45 bits per heavy atom. The molecule has 0 atom stereocenters. The smallest absolute Gasteiger partial charge is 0.162 e. The van der Waals surface area contributed by atoms with E-state index in [0.717, 1.165) is 38.9 Å². The molecule has 1 aliphatic carbocycles. The Kier molecular flexibility index (Phi) is 3.15. The molecule has 3 nitrogen and oxygen atoms in total. The van der Waals surface area contributed by atoms with Crippen LogP contribution in [-0.2, 0) is 5.41 Å². The Hall–Kier alpha value is -3.46. The third-order valence-corrected chi connectivity index (χ3v) is 6.32. The van der Waals surface area contributed by atoms with Gasteiger partial charge in [-0.2, -0.15) is 0 Å². The van der Waals surface area contributed by atoms with Crippen molar-refractivity contribution in [2.45, 2.75) is 26.2 Å². The van der Waals surface area contributed by atoms with E-state index in [9.17, 15) is 0 Å². The molecule has 3 heterocycles. The Balaban J connectivity index is 1.77. The molecule has 3 heteroatoms. The second-order valence-corrected chi connectivity index (χ2v) is 8.35. The molecule has 0 radical (unpaired) electrons. The molecule has 3 aromatic heterocycles. The van der Waals surface area contributed by atoms with E-state index in [1.165, 1.54) is 22.3 Å². The molecule has 140 valence electrons. The lowest BCUT2D eigenvalue weighted by molar-refractivity contribution is 0.650. The van der Waals surface area contributed by atoms with Crippen LogP contribution in [0.5, 0.6) is 0 Å². The van der Waals surface area contributed by atoms with Gasteiger partial charge in [0, 0.05) is 34.3 Å². The zero-order valence-corrected chi connectivity index (χ0v) is 16.7. The van der Waals surface area contributed by atoms with E-state index >= 15 is 0 Å². The molecule has 0 saturated carbocycles.